The molecule has 1 unspecified atom stereocenters. The smallest absolute Gasteiger partial charge is 0.267 e. The van der Waals surface area contributed by atoms with Gasteiger partial charge in [-0.3, -0.25) is 9.59 Å². The molecule has 1 aliphatic carbocycles. The Labute approximate surface area is 151 Å². The van der Waals surface area contributed by atoms with Gasteiger partial charge in [0.05, 0.1) is 5.69 Å². The molecule has 2 aromatic rings. The molecule has 3 heterocycles. The summed E-state index contributed by atoms with van der Waals surface area (Å²) in [5.41, 5.74) is 1.68. The summed E-state index contributed by atoms with van der Waals surface area (Å²) in [5.74, 6) is 0.935. The quantitative estimate of drug-likeness (QED) is 0.890. The maximum Gasteiger partial charge on any atom is 0.267 e. The highest BCUT2D eigenvalue weighted by molar-refractivity contribution is 5.92. The molecule has 1 N–H and O–H groups in total. The molecule has 8 nitrogen and oxygen atoms in total. The van der Waals surface area contributed by atoms with Crippen LogP contribution in [0.2, 0.25) is 0 Å². The molecule has 0 radical (unpaired) electrons. The zero-order valence-corrected chi connectivity index (χ0v) is 14.8. The van der Waals surface area contributed by atoms with E-state index in [1.165, 1.54) is 11.0 Å². The third kappa shape index (κ3) is 3.18. The molecular formula is C18H22N6O2. The fourth-order valence-electron chi connectivity index (χ4n) is 3.57. The van der Waals surface area contributed by atoms with Crippen LogP contribution < -0.4 is 15.8 Å². The normalized spacial score (nSPS) is 17.2. The Morgan fingerprint density at radius 3 is 2.77 bits per heavy atom. The van der Waals surface area contributed by atoms with Gasteiger partial charge in [0.25, 0.3) is 5.56 Å². The number of anilines is 2. The topological polar surface area (TPSA) is 93.0 Å². The van der Waals surface area contributed by atoms with Crippen molar-refractivity contribution in [1.29, 1.82) is 0 Å². The summed E-state index contributed by atoms with van der Waals surface area (Å²) in [4.78, 5) is 35.5. The summed E-state index contributed by atoms with van der Waals surface area (Å²) in [7, 11) is 0. The number of amides is 1. The van der Waals surface area contributed by atoms with E-state index >= 15 is 0 Å². The van der Waals surface area contributed by atoms with Gasteiger partial charge >= 0.3 is 0 Å². The average Bonchev–Trinajstić information content (AvgIpc) is 3.32. The van der Waals surface area contributed by atoms with Crippen molar-refractivity contribution in [3.63, 3.8) is 0 Å². The van der Waals surface area contributed by atoms with Gasteiger partial charge in [-0.1, -0.05) is 0 Å². The Morgan fingerprint density at radius 1 is 1.15 bits per heavy atom. The van der Waals surface area contributed by atoms with E-state index in [1.54, 1.807) is 19.1 Å². The number of carbonyl (C=O) groups is 1. The molecule has 1 fully saturated rings. The summed E-state index contributed by atoms with van der Waals surface area (Å²) in [6.45, 7) is 3.61. The molecule has 2 aliphatic rings. The standard InChI is InChI=1S/C18H22N6O2/c1-12(24-17(25)9-13-5-4-6-14(13)22-24)18(26)21-15-10-16(20-11-19-15)23-7-2-3-8-23/h9-12H,2-8H2,1H3,(H,19,20,21,26). The van der Waals surface area contributed by atoms with Crippen molar-refractivity contribution in [2.75, 3.05) is 23.3 Å². The van der Waals surface area contributed by atoms with Gasteiger partial charge in [-0.05, 0) is 44.6 Å². The number of fused-ring (bicyclic) bond motifs is 1. The van der Waals surface area contributed by atoms with Crippen LogP contribution in [0.15, 0.2) is 23.3 Å². The molecule has 2 aromatic heterocycles. The molecule has 0 bridgehead atoms. The maximum absolute atomic E-state index is 12.6. The molecule has 0 saturated carbocycles. The van der Waals surface area contributed by atoms with E-state index in [2.05, 4.69) is 25.3 Å². The Bertz CT molecular complexity index is 887. The lowest BCUT2D eigenvalue weighted by molar-refractivity contribution is -0.119. The van der Waals surface area contributed by atoms with E-state index in [4.69, 9.17) is 0 Å². The molecule has 26 heavy (non-hydrogen) atoms. The van der Waals surface area contributed by atoms with Gasteiger partial charge < -0.3 is 10.2 Å². The number of aryl methyl sites for hydroxylation is 2. The highest BCUT2D eigenvalue weighted by atomic mass is 16.2. The van der Waals surface area contributed by atoms with Crippen LogP contribution >= 0.6 is 0 Å². The SMILES string of the molecule is CC(C(=O)Nc1cc(N2CCCC2)ncn1)n1nc2c(cc1=O)CCC2. The Hall–Kier alpha value is -2.77. The minimum absolute atomic E-state index is 0.242. The van der Waals surface area contributed by atoms with E-state index in [9.17, 15) is 9.59 Å². The second-order valence-corrected chi connectivity index (χ2v) is 6.87. The van der Waals surface area contributed by atoms with Crippen LogP contribution in [-0.4, -0.2) is 38.7 Å². The summed E-state index contributed by atoms with van der Waals surface area (Å²) in [6, 6.07) is 2.67. The molecule has 136 valence electrons. The van der Waals surface area contributed by atoms with Crippen LogP contribution in [0.4, 0.5) is 11.6 Å². The van der Waals surface area contributed by atoms with Crippen LogP contribution in [0.1, 0.15) is 43.5 Å². The number of hydrogen-bond acceptors (Lipinski definition) is 6. The van der Waals surface area contributed by atoms with Crippen LogP contribution in [0.3, 0.4) is 0 Å². The largest absolute Gasteiger partial charge is 0.356 e. The van der Waals surface area contributed by atoms with Gasteiger partial charge in [0.1, 0.15) is 24.0 Å². The Balaban J connectivity index is 1.51. The highest BCUT2D eigenvalue weighted by Crippen LogP contribution is 2.20. The van der Waals surface area contributed by atoms with Gasteiger partial charge in [0.15, 0.2) is 0 Å². The number of aromatic nitrogens is 4. The minimum atomic E-state index is -0.710. The fraction of sp³-hybridized carbons (Fsp3) is 0.500. The first-order valence-electron chi connectivity index (χ1n) is 9.11. The van der Waals surface area contributed by atoms with E-state index in [0.29, 0.717) is 5.82 Å². The number of nitrogens with zero attached hydrogens (tertiary/aromatic N) is 5. The summed E-state index contributed by atoms with van der Waals surface area (Å²) < 4.78 is 1.27. The van der Waals surface area contributed by atoms with Crippen molar-refractivity contribution in [3.05, 3.63) is 40.1 Å². The predicted molar refractivity (Wildman–Crippen MR) is 97.3 cm³/mol. The van der Waals surface area contributed by atoms with Crippen molar-refractivity contribution < 1.29 is 4.79 Å². The molecule has 0 aromatic carbocycles. The monoisotopic (exact) mass is 354 g/mol. The molecular weight excluding hydrogens is 332 g/mol. The minimum Gasteiger partial charge on any atom is -0.356 e. The van der Waals surface area contributed by atoms with Crippen LogP contribution in [0, 0.1) is 0 Å². The van der Waals surface area contributed by atoms with Crippen LogP contribution in [-0.2, 0) is 17.6 Å². The van der Waals surface area contributed by atoms with Gasteiger partial charge in [-0.25, -0.2) is 14.6 Å². The van der Waals surface area contributed by atoms with Gasteiger partial charge in [-0.15, -0.1) is 0 Å². The van der Waals surface area contributed by atoms with Crippen LogP contribution in [0.25, 0.3) is 0 Å². The van der Waals surface area contributed by atoms with Crippen molar-refractivity contribution in [2.45, 2.75) is 45.1 Å². The van der Waals surface area contributed by atoms with Gasteiger partial charge in [0, 0.05) is 25.2 Å². The zero-order chi connectivity index (χ0) is 18.1. The Morgan fingerprint density at radius 2 is 1.96 bits per heavy atom. The number of rotatable bonds is 4. The lowest BCUT2D eigenvalue weighted by atomic mass is 10.2. The predicted octanol–water partition coefficient (Wildman–Crippen LogP) is 1.32. The van der Waals surface area contributed by atoms with Crippen molar-refractivity contribution >= 4 is 17.5 Å². The molecule has 8 heteroatoms. The van der Waals surface area contributed by atoms with E-state index in [-0.39, 0.29) is 11.5 Å². The molecule has 1 atom stereocenters. The average molecular weight is 354 g/mol. The zero-order valence-electron chi connectivity index (χ0n) is 14.8. The molecule has 1 aliphatic heterocycles. The molecule has 1 amide bonds. The van der Waals surface area contributed by atoms with Gasteiger partial charge in [0.2, 0.25) is 5.91 Å². The molecule has 1 saturated heterocycles. The van der Waals surface area contributed by atoms with Crippen molar-refractivity contribution in [1.82, 2.24) is 19.7 Å². The first-order valence-corrected chi connectivity index (χ1v) is 9.11. The van der Waals surface area contributed by atoms with Crippen molar-refractivity contribution in [3.8, 4) is 0 Å². The molecule has 4 rings (SSSR count). The highest BCUT2D eigenvalue weighted by Gasteiger charge is 2.22. The number of carbonyl (C=O) groups excluding carboxylic acids is 1. The second-order valence-electron chi connectivity index (χ2n) is 6.87. The van der Waals surface area contributed by atoms with E-state index < -0.39 is 6.04 Å². The second kappa shape index (κ2) is 6.86. The lowest BCUT2D eigenvalue weighted by Gasteiger charge is -2.17. The van der Waals surface area contributed by atoms with E-state index in [0.717, 1.165) is 62.3 Å². The summed E-state index contributed by atoms with van der Waals surface area (Å²) in [5, 5.41) is 7.18. The maximum atomic E-state index is 12.6. The van der Waals surface area contributed by atoms with Crippen LogP contribution in [0.5, 0.6) is 0 Å². The van der Waals surface area contributed by atoms with Crippen molar-refractivity contribution in [2.24, 2.45) is 0 Å². The number of nitrogens with one attached hydrogen (secondary N) is 1. The first-order chi connectivity index (χ1) is 12.6. The van der Waals surface area contributed by atoms with Gasteiger partial charge in [-0.2, -0.15) is 5.10 Å². The molecule has 0 spiro atoms. The van der Waals surface area contributed by atoms with E-state index in [1.807, 2.05) is 0 Å². The first kappa shape index (κ1) is 16.7. The third-order valence-corrected chi connectivity index (χ3v) is 5.06. The summed E-state index contributed by atoms with van der Waals surface area (Å²) >= 11 is 0. The number of hydrogen-bond donors (Lipinski definition) is 1. The Kier molecular flexibility index (Phi) is 4.40. The summed E-state index contributed by atoms with van der Waals surface area (Å²) in [6.07, 6.45) is 6.50. The third-order valence-electron chi connectivity index (χ3n) is 5.06. The fourth-order valence-corrected chi connectivity index (χ4v) is 3.57. The lowest BCUT2D eigenvalue weighted by Crippen LogP contribution is -2.34.